The first-order valence-corrected chi connectivity index (χ1v) is 7.99. The zero-order valence-electron chi connectivity index (χ0n) is 13.7. The molecule has 1 aliphatic rings. The third kappa shape index (κ3) is 5.20. The summed E-state index contributed by atoms with van der Waals surface area (Å²) >= 11 is 0. The molecule has 0 unspecified atom stereocenters. The van der Waals surface area contributed by atoms with Crippen LogP contribution in [0.3, 0.4) is 0 Å². The fourth-order valence-corrected chi connectivity index (χ4v) is 2.66. The van der Waals surface area contributed by atoms with Crippen molar-refractivity contribution in [2.45, 2.75) is 13.0 Å². The number of rotatable bonds is 5. The summed E-state index contributed by atoms with van der Waals surface area (Å²) in [6.45, 7) is 4.55. The van der Waals surface area contributed by atoms with Gasteiger partial charge in [-0.15, -0.1) is 24.0 Å². The van der Waals surface area contributed by atoms with E-state index in [-0.39, 0.29) is 24.0 Å². The molecule has 7 heteroatoms. The second-order valence-corrected chi connectivity index (χ2v) is 5.55. The quantitative estimate of drug-likeness (QED) is 0.436. The first-order valence-electron chi connectivity index (χ1n) is 7.99. The summed E-state index contributed by atoms with van der Waals surface area (Å²) in [5.74, 6) is 1.64. The fraction of sp³-hybridized carbons (Fsp3) is 0.412. The number of guanidine groups is 1. The van der Waals surface area contributed by atoms with E-state index in [1.807, 2.05) is 18.5 Å². The van der Waals surface area contributed by atoms with Gasteiger partial charge in [-0.2, -0.15) is 0 Å². The van der Waals surface area contributed by atoms with Crippen molar-refractivity contribution < 1.29 is 4.74 Å². The SMILES string of the molecule is I.NC(=NCCc1nccn1Cc1ccccc1)N1CCOCC1. The van der Waals surface area contributed by atoms with Crippen LogP contribution < -0.4 is 5.73 Å². The van der Waals surface area contributed by atoms with Gasteiger partial charge in [0.2, 0.25) is 0 Å². The van der Waals surface area contributed by atoms with Crippen molar-refractivity contribution in [3.63, 3.8) is 0 Å². The standard InChI is InChI=1S/C17H23N5O.HI/c18-17(21-10-12-23-13-11-21)20-7-6-16-19-8-9-22(16)14-15-4-2-1-3-5-15;/h1-5,8-9H,6-7,10-14H2,(H2,18,20);1H. The Kier molecular flexibility index (Phi) is 7.51. The van der Waals surface area contributed by atoms with E-state index in [1.165, 1.54) is 5.56 Å². The predicted octanol–water partition coefficient (Wildman–Crippen LogP) is 1.74. The summed E-state index contributed by atoms with van der Waals surface area (Å²) in [5.41, 5.74) is 7.31. The van der Waals surface area contributed by atoms with E-state index in [9.17, 15) is 0 Å². The molecule has 2 aromatic rings. The average molecular weight is 441 g/mol. The lowest BCUT2D eigenvalue weighted by atomic mass is 10.2. The van der Waals surface area contributed by atoms with Crippen LogP contribution in [0.25, 0.3) is 0 Å². The van der Waals surface area contributed by atoms with Crippen molar-refractivity contribution >= 4 is 29.9 Å². The molecule has 2 heterocycles. The lowest BCUT2D eigenvalue weighted by Gasteiger charge is -2.27. The lowest BCUT2D eigenvalue weighted by Crippen LogP contribution is -2.44. The van der Waals surface area contributed by atoms with E-state index in [0.29, 0.717) is 12.5 Å². The topological polar surface area (TPSA) is 68.7 Å². The van der Waals surface area contributed by atoms with Crippen LogP contribution in [0, 0.1) is 0 Å². The molecule has 1 fully saturated rings. The van der Waals surface area contributed by atoms with Crippen LogP contribution in [-0.2, 0) is 17.7 Å². The van der Waals surface area contributed by atoms with Gasteiger partial charge in [-0.05, 0) is 5.56 Å². The Morgan fingerprint density at radius 3 is 2.71 bits per heavy atom. The molecular weight excluding hydrogens is 417 g/mol. The normalized spacial score (nSPS) is 15.2. The Morgan fingerprint density at radius 1 is 1.21 bits per heavy atom. The van der Waals surface area contributed by atoms with Gasteiger partial charge >= 0.3 is 0 Å². The molecule has 0 aliphatic carbocycles. The number of nitrogens with zero attached hydrogens (tertiary/aromatic N) is 4. The minimum atomic E-state index is 0. The van der Waals surface area contributed by atoms with Crippen molar-refractivity contribution in [2.75, 3.05) is 32.8 Å². The Bertz CT molecular complexity index is 637. The maximum atomic E-state index is 6.04. The van der Waals surface area contributed by atoms with Crippen molar-refractivity contribution in [1.29, 1.82) is 0 Å². The smallest absolute Gasteiger partial charge is 0.191 e. The summed E-state index contributed by atoms with van der Waals surface area (Å²) in [7, 11) is 0. The van der Waals surface area contributed by atoms with E-state index >= 15 is 0 Å². The van der Waals surface area contributed by atoms with Crippen LogP contribution in [0.1, 0.15) is 11.4 Å². The van der Waals surface area contributed by atoms with Crippen molar-refractivity contribution in [1.82, 2.24) is 14.5 Å². The second kappa shape index (κ2) is 9.63. The fourth-order valence-electron chi connectivity index (χ4n) is 2.66. The monoisotopic (exact) mass is 441 g/mol. The molecule has 1 saturated heterocycles. The third-order valence-corrected chi connectivity index (χ3v) is 3.94. The van der Waals surface area contributed by atoms with Gasteiger partial charge in [0.25, 0.3) is 0 Å². The number of nitrogens with two attached hydrogens (primary N) is 1. The molecule has 0 bridgehead atoms. The summed E-state index contributed by atoms with van der Waals surface area (Å²) < 4.78 is 7.48. The molecule has 1 aromatic carbocycles. The lowest BCUT2D eigenvalue weighted by molar-refractivity contribution is 0.0674. The number of aliphatic imine (C=N–C) groups is 1. The Balaban J connectivity index is 0.00000208. The summed E-state index contributed by atoms with van der Waals surface area (Å²) in [6, 6.07) is 10.4. The molecule has 130 valence electrons. The molecule has 0 amide bonds. The molecular formula is C17H24IN5O. The van der Waals surface area contributed by atoms with Gasteiger partial charge in [-0.1, -0.05) is 30.3 Å². The molecule has 1 aromatic heterocycles. The van der Waals surface area contributed by atoms with E-state index in [4.69, 9.17) is 10.5 Å². The number of imidazole rings is 1. The Labute approximate surface area is 159 Å². The summed E-state index contributed by atoms with van der Waals surface area (Å²) in [4.78, 5) is 11.0. The van der Waals surface area contributed by atoms with Gasteiger partial charge in [-0.25, -0.2) is 4.98 Å². The second-order valence-electron chi connectivity index (χ2n) is 5.55. The highest BCUT2D eigenvalue weighted by Crippen LogP contribution is 2.06. The highest BCUT2D eigenvalue weighted by Gasteiger charge is 2.12. The number of benzene rings is 1. The molecule has 2 N–H and O–H groups in total. The number of halogens is 1. The molecule has 3 rings (SSSR count). The first-order chi connectivity index (χ1) is 11.3. The van der Waals surface area contributed by atoms with Crippen LogP contribution in [0.15, 0.2) is 47.7 Å². The largest absolute Gasteiger partial charge is 0.378 e. The molecule has 0 saturated carbocycles. The minimum Gasteiger partial charge on any atom is -0.378 e. The van der Waals surface area contributed by atoms with Crippen LogP contribution in [0.4, 0.5) is 0 Å². The third-order valence-electron chi connectivity index (χ3n) is 3.94. The maximum absolute atomic E-state index is 6.04. The number of hydrogen-bond acceptors (Lipinski definition) is 3. The molecule has 0 radical (unpaired) electrons. The number of morpholine rings is 1. The highest BCUT2D eigenvalue weighted by molar-refractivity contribution is 14.0. The Hall–Kier alpha value is -1.61. The first kappa shape index (κ1) is 18.7. The van der Waals surface area contributed by atoms with Crippen LogP contribution in [0.2, 0.25) is 0 Å². The minimum absolute atomic E-state index is 0. The summed E-state index contributed by atoms with van der Waals surface area (Å²) in [5, 5.41) is 0. The molecule has 1 aliphatic heterocycles. The van der Waals surface area contributed by atoms with Crippen LogP contribution in [0.5, 0.6) is 0 Å². The predicted molar refractivity (Wildman–Crippen MR) is 106 cm³/mol. The highest BCUT2D eigenvalue weighted by atomic mass is 127. The zero-order valence-corrected chi connectivity index (χ0v) is 16.0. The molecule has 0 atom stereocenters. The van der Waals surface area contributed by atoms with E-state index < -0.39 is 0 Å². The number of hydrogen-bond donors (Lipinski definition) is 1. The maximum Gasteiger partial charge on any atom is 0.191 e. The average Bonchev–Trinajstić information content (AvgIpc) is 3.03. The number of ether oxygens (including phenoxy) is 1. The van der Waals surface area contributed by atoms with Crippen LogP contribution >= 0.6 is 24.0 Å². The van der Waals surface area contributed by atoms with E-state index in [1.54, 1.807) is 0 Å². The van der Waals surface area contributed by atoms with Crippen molar-refractivity contribution in [3.8, 4) is 0 Å². The van der Waals surface area contributed by atoms with Gasteiger partial charge in [-0.3, -0.25) is 4.99 Å². The van der Waals surface area contributed by atoms with Gasteiger partial charge in [0.05, 0.1) is 13.2 Å². The van der Waals surface area contributed by atoms with Gasteiger partial charge < -0.3 is 19.9 Å². The zero-order chi connectivity index (χ0) is 15.9. The van der Waals surface area contributed by atoms with Gasteiger partial charge in [0.1, 0.15) is 5.82 Å². The van der Waals surface area contributed by atoms with Crippen LogP contribution in [-0.4, -0.2) is 53.3 Å². The van der Waals surface area contributed by atoms with E-state index in [2.05, 4.69) is 43.7 Å². The van der Waals surface area contributed by atoms with Crippen molar-refractivity contribution in [2.24, 2.45) is 10.7 Å². The number of aromatic nitrogens is 2. The Morgan fingerprint density at radius 2 is 1.96 bits per heavy atom. The van der Waals surface area contributed by atoms with Gasteiger partial charge in [0.15, 0.2) is 5.96 Å². The molecule has 0 spiro atoms. The van der Waals surface area contributed by atoms with Crippen molar-refractivity contribution in [3.05, 3.63) is 54.1 Å². The summed E-state index contributed by atoms with van der Waals surface area (Å²) in [6.07, 6.45) is 4.63. The molecule has 6 nitrogen and oxygen atoms in total. The van der Waals surface area contributed by atoms with E-state index in [0.717, 1.165) is 45.1 Å². The van der Waals surface area contributed by atoms with Gasteiger partial charge in [0, 0.05) is 45.0 Å². The molecule has 24 heavy (non-hydrogen) atoms.